The molecule has 43 heavy (non-hydrogen) atoms. The van der Waals surface area contributed by atoms with Gasteiger partial charge in [-0.3, -0.25) is 14.3 Å². The number of hydrogen-bond acceptors (Lipinski definition) is 5. The number of carbonyl (C=O) groups is 2. The van der Waals surface area contributed by atoms with Gasteiger partial charge in [0.05, 0.1) is 17.9 Å². The molecule has 9 nitrogen and oxygen atoms in total. The molecule has 2 fully saturated rings. The number of aromatic nitrogens is 4. The molecule has 12 heteroatoms. The molecule has 2 amide bonds. The van der Waals surface area contributed by atoms with Crippen molar-refractivity contribution in [3.63, 3.8) is 0 Å². The topological polar surface area (TPSA) is 129 Å². The normalized spacial score (nSPS) is 16.5. The first kappa shape index (κ1) is 42.0. The molecular weight excluding hydrogens is 571 g/mol. The second kappa shape index (κ2) is 21.6. The summed E-state index contributed by atoms with van der Waals surface area (Å²) >= 11 is 0. The summed E-state index contributed by atoms with van der Waals surface area (Å²) in [6.45, 7) is 16.3. The van der Waals surface area contributed by atoms with Crippen LogP contribution in [0.3, 0.4) is 0 Å². The van der Waals surface area contributed by atoms with Crippen LogP contribution in [-0.4, -0.2) is 49.5 Å². The number of nitrogens with one attached hydrogen (secondary N) is 4. The Balaban J connectivity index is 0. The number of aryl methyl sites for hydroxylation is 2. The van der Waals surface area contributed by atoms with Crippen molar-refractivity contribution < 1.29 is 18.4 Å². The van der Waals surface area contributed by atoms with Gasteiger partial charge in [-0.1, -0.05) is 43.9 Å². The molecule has 3 heterocycles. The number of aromatic amines is 1. The van der Waals surface area contributed by atoms with Crippen molar-refractivity contribution in [2.45, 2.75) is 106 Å². The molecule has 1 saturated carbocycles. The minimum absolute atomic E-state index is 0.211. The maximum atomic E-state index is 13.8. The Kier molecular flexibility index (Phi) is 21.1. The van der Waals surface area contributed by atoms with Crippen LogP contribution in [0.15, 0.2) is 18.5 Å². The second-order valence-electron chi connectivity index (χ2n) is 10.2. The number of alkyl halides is 2. The van der Waals surface area contributed by atoms with Gasteiger partial charge in [-0.05, 0) is 64.9 Å². The van der Waals surface area contributed by atoms with Crippen molar-refractivity contribution in [1.29, 1.82) is 5.41 Å². The van der Waals surface area contributed by atoms with E-state index in [2.05, 4.69) is 45.5 Å². The van der Waals surface area contributed by atoms with Gasteiger partial charge in [-0.25, -0.2) is 13.8 Å². The summed E-state index contributed by atoms with van der Waals surface area (Å²) in [6.07, 6.45) is 14.7. The van der Waals surface area contributed by atoms with Crippen molar-refractivity contribution in [2.24, 2.45) is 18.4 Å². The van der Waals surface area contributed by atoms with Gasteiger partial charge in [0.2, 0.25) is 5.91 Å². The van der Waals surface area contributed by atoms with Gasteiger partial charge in [0.25, 0.3) is 11.6 Å². The molecule has 1 aliphatic carbocycles. The average molecular weight is 626 g/mol. The molecule has 0 spiro atoms. The fourth-order valence-corrected chi connectivity index (χ4v) is 4.36. The van der Waals surface area contributed by atoms with Crippen molar-refractivity contribution in [3.8, 4) is 12.8 Å². The van der Waals surface area contributed by atoms with Crippen LogP contribution < -0.4 is 10.6 Å². The number of H-pyrrole nitrogens is 1. The predicted molar refractivity (Wildman–Crippen MR) is 175 cm³/mol. The summed E-state index contributed by atoms with van der Waals surface area (Å²) in [5.74, 6) is 1.32. The number of halogens is 2. The Morgan fingerprint density at radius 1 is 1.28 bits per heavy atom. The number of piperidine rings is 1. The Labute approximate surface area is 259 Å². The number of amides is 2. The van der Waals surface area contributed by atoms with Crippen LogP contribution in [0.2, 0.25) is 0 Å². The first-order valence-corrected chi connectivity index (χ1v) is 15.4. The fourth-order valence-electron chi connectivity index (χ4n) is 3.93. The zero-order chi connectivity index (χ0) is 33.8. The summed E-state index contributed by atoms with van der Waals surface area (Å²) < 4.78 is 29.1. The predicted octanol–water partition coefficient (Wildman–Crippen LogP) is 6.83. The van der Waals surface area contributed by atoms with Crippen molar-refractivity contribution in [3.05, 3.63) is 35.7 Å². The van der Waals surface area contributed by atoms with E-state index in [9.17, 15) is 18.4 Å². The lowest BCUT2D eigenvalue weighted by atomic mass is 9.96. The molecule has 1 aliphatic heterocycles. The van der Waals surface area contributed by atoms with Crippen LogP contribution in [0.5, 0.6) is 0 Å². The Bertz CT molecular complexity index is 1090. The van der Waals surface area contributed by atoms with Gasteiger partial charge in [0.15, 0.2) is 0 Å². The maximum absolute atomic E-state index is 13.8. The zero-order valence-electron chi connectivity index (χ0n) is 27.5. The lowest BCUT2D eigenvalue weighted by Crippen LogP contribution is -2.33. The van der Waals surface area contributed by atoms with Crippen LogP contribution in [-0.2, 0) is 11.8 Å². The highest BCUT2D eigenvalue weighted by molar-refractivity contribution is 7.18. The summed E-state index contributed by atoms with van der Waals surface area (Å²) in [5, 5.41) is 16.2. The third kappa shape index (κ3) is 15.8. The molecule has 2 aliphatic rings. The summed E-state index contributed by atoms with van der Waals surface area (Å²) in [5.41, 5.74) is -1.95. The highest BCUT2D eigenvalue weighted by Crippen LogP contribution is 2.62. The molecule has 1 saturated heterocycles. The minimum Gasteiger partial charge on any atom is -0.356 e. The maximum Gasteiger partial charge on any atom is 0.270 e. The lowest BCUT2D eigenvalue weighted by Gasteiger charge is -2.25. The average Bonchev–Trinajstić information content (AvgIpc) is 3.48. The van der Waals surface area contributed by atoms with Crippen LogP contribution >= 0.6 is 9.24 Å². The summed E-state index contributed by atoms with van der Waals surface area (Å²) in [7, 11) is 3.35. The van der Waals surface area contributed by atoms with E-state index >= 15 is 0 Å². The molecular formula is C31H54F2N7O2P. The van der Waals surface area contributed by atoms with E-state index in [4.69, 9.17) is 5.41 Å². The van der Waals surface area contributed by atoms with E-state index in [0.29, 0.717) is 48.8 Å². The summed E-state index contributed by atoms with van der Waals surface area (Å²) in [6, 6.07) is 1.21. The smallest absolute Gasteiger partial charge is 0.270 e. The standard InChI is InChI=1S/C16H22F2N5OP.C6H11NO.C3H7N.2C2H6.C2H2/c1-10-19-9-12(21-10)11(3-5-15(6-7-15)16(17,18)25)22-14(24)13-4-8-20-23(13)2;1-5-2-3-6(8)7-4-5;1-3(2)4;3*1-2/h4,8-9,11H,3,5-7,25H2,1-2H3,(H,19,21)(H,22,24);5H,2-4H2,1H3,(H,7,8);4H,1-2H3;2*1-2H3;1-2H. The molecule has 2 aromatic rings. The van der Waals surface area contributed by atoms with Crippen LogP contribution in [0.1, 0.15) is 115 Å². The number of nitrogens with zero attached hydrogens (tertiary/aromatic N) is 3. The SMILES string of the molecule is C#C.CC.CC.CC(C)=N.CC1CCC(=O)NC1.Cc1ncc(C(CCC2(C(F)(F)P)CC2)NC(=O)c2ccnn2C)[nH]1. The van der Waals surface area contributed by atoms with Crippen LogP contribution in [0, 0.1) is 36.5 Å². The van der Waals surface area contributed by atoms with Crippen LogP contribution in [0.4, 0.5) is 8.78 Å². The molecule has 244 valence electrons. The van der Waals surface area contributed by atoms with Crippen molar-refractivity contribution in [2.75, 3.05) is 6.54 Å². The largest absolute Gasteiger partial charge is 0.356 e. The van der Waals surface area contributed by atoms with E-state index in [0.717, 1.165) is 25.1 Å². The third-order valence-corrected chi connectivity index (χ3v) is 7.05. The van der Waals surface area contributed by atoms with Gasteiger partial charge in [0, 0.05) is 37.3 Å². The first-order chi connectivity index (χ1) is 20.2. The lowest BCUT2D eigenvalue weighted by molar-refractivity contribution is -0.122. The number of terminal acetylenes is 1. The summed E-state index contributed by atoms with van der Waals surface area (Å²) in [4.78, 5) is 30.2. The number of hydrogen-bond donors (Lipinski definition) is 4. The van der Waals surface area contributed by atoms with E-state index < -0.39 is 17.1 Å². The number of imidazole rings is 1. The molecule has 3 unspecified atom stereocenters. The number of rotatable bonds is 7. The van der Waals surface area contributed by atoms with Gasteiger partial charge in [-0.2, -0.15) is 5.10 Å². The fraction of sp³-hybridized carbons (Fsp3) is 0.645. The quantitative estimate of drug-likeness (QED) is 0.153. The van der Waals surface area contributed by atoms with Gasteiger partial charge in [0.1, 0.15) is 11.5 Å². The Morgan fingerprint density at radius 2 is 1.84 bits per heavy atom. The van der Waals surface area contributed by atoms with E-state index in [1.807, 2.05) is 34.6 Å². The zero-order valence-corrected chi connectivity index (χ0v) is 28.6. The third-order valence-electron chi connectivity index (χ3n) is 6.44. The van der Waals surface area contributed by atoms with Crippen molar-refractivity contribution >= 4 is 26.8 Å². The van der Waals surface area contributed by atoms with Gasteiger partial charge in [-0.15, -0.1) is 12.8 Å². The molecule has 0 bridgehead atoms. The van der Waals surface area contributed by atoms with Gasteiger partial charge < -0.3 is 21.0 Å². The highest BCUT2D eigenvalue weighted by Gasteiger charge is 2.58. The minimum atomic E-state index is -2.78. The Hall–Kier alpha value is -3.12. The van der Waals surface area contributed by atoms with Crippen molar-refractivity contribution in [1.82, 2.24) is 30.4 Å². The molecule has 0 aromatic carbocycles. The highest BCUT2D eigenvalue weighted by atomic mass is 31.0. The van der Waals surface area contributed by atoms with E-state index in [1.54, 1.807) is 42.4 Å². The van der Waals surface area contributed by atoms with Crippen LogP contribution in [0.25, 0.3) is 0 Å². The molecule has 4 N–H and O–H groups in total. The molecule has 4 rings (SSSR count). The van der Waals surface area contributed by atoms with Gasteiger partial charge >= 0.3 is 0 Å². The van der Waals surface area contributed by atoms with E-state index in [-0.39, 0.29) is 11.8 Å². The Morgan fingerprint density at radius 3 is 2.19 bits per heavy atom. The van der Waals surface area contributed by atoms with E-state index in [1.165, 1.54) is 10.9 Å². The molecule has 2 aromatic heterocycles. The first-order valence-electron chi connectivity index (χ1n) is 14.8. The number of carbonyl (C=O) groups excluding carboxylic acids is 2. The molecule has 3 atom stereocenters. The molecule has 0 radical (unpaired) electrons. The monoisotopic (exact) mass is 625 g/mol. The second-order valence-corrected chi connectivity index (χ2v) is 10.9.